The van der Waals surface area contributed by atoms with Crippen molar-refractivity contribution in [1.29, 1.82) is 0 Å². The molecule has 6 nitrogen and oxygen atoms in total. The lowest BCUT2D eigenvalue weighted by Gasteiger charge is -2.19. The number of hydrogen-bond donors (Lipinski definition) is 1. The van der Waals surface area contributed by atoms with Crippen molar-refractivity contribution in [3.8, 4) is 5.75 Å². The third-order valence-corrected chi connectivity index (χ3v) is 5.40. The van der Waals surface area contributed by atoms with Crippen molar-refractivity contribution < 1.29 is 14.3 Å². The van der Waals surface area contributed by atoms with Crippen molar-refractivity contribution in [2.24, 2.45) is 0 Å². The van der Waals surface area contributed by atoms with Crippen molar-refractivity contribution >= 4 is 45.7 Å². The van der Waals surface area contributed by atoms with E-state index >= 15 is 0 Å². The molecule has 0 atom stereocenters. The Balaban J connectivity index is 1.63. The van der Waals surface area contributed by atoms with Gasteiger partial charge < -0.3 is 10.1 Å². The van der Waals surface area contributed by atoms with Crippen LogP contribution in [0.15, 0.2) is 54.6 Å². The molecule has 0 bridgehead atoms. The van der Waals surface area contributed by atoms with E-state index in [0.29, 0.717) is 45.6 Å². The molecule has 1 heterocycles. The maximum atomic E-state index is 13.1. The quantitative estimate of drug-likeness (QED) is 0.474. The van der Waals surface area contributed by atoms with Gasteiger partial charge in [-0.2, -0.15) is 8.75 Å². The highest BCUT2D eigenvalue weighted by Gasteiger charge is 2.33. The van der Waals surface area contributed by atoms with Crippen LogP contribution in [0.4, 0.5) is 11.4 Å². The number of ether oxygens (including phenoxy) is 1. The second-order valence-electron chi connectivity index (χ2n) is 6.59. The van der Waals surface area contributed by atoms with Crippen LogP contribution < -0.4 is 10.1 Å². The molecule has 3 aromatic carbocycles. The summed E-state index contributed by atoms with van der Waals surface area (Å²) < 4.78 is 14.2. The van der Waals surface area contributed by atoms with Crippen LogP contribution in [0.1, 0.15) is 38.8 Å². The number of nitrogens with zero attached hydrogens (tertiary/aromatic N) is 2. The molecule has 0 amide bonds. The molecule has 29 heavy (non-hydrogen) atoms. The third kappa shape index (κ3) is 2.78. The summed E-state index contributed by atoms with van der Waals surface area (Å²) in [5, 5.41) is 3.30. The standard InChI is InChI=1S/C22H15N3O3S/c1-2-28-13-9-7-12(8-10-13)23-17-11-16-18(20-19(17)24-29-25-20)22(27)15-6-4-3-5-14(15)21(16)26/h3-11,23H,2H2,1H3. The molecular weight excluding hydrogens is 386 g/mol. The number of anilines is 2. The number of benzene rings is 3. The predicted octanol–water partition coefficient (Wildman–Crippen LogP) is 4.61. The van der Waals surface area contributed by atoms with Gasteiger partial charge in [0, 0.05) is 22.4 Å². The molecule has 1 aliphatic rings. The van der Waals surface area contributed by atoms with Crippen molar-refractivity contribution in [2.45, 2.75) is 6.92 Å². The highest BCUT2D eigenvalue weighted by atomic mass is 32.1. The molecule has 0 spiro atoms. The van der Waals surface area contributed by atoms with E-state index in [0.717, 1.165) is 23.2 Å². The van der Waals surface area contributed by atoms with Crippen LogP contribution in [0.5, 0.6) is 5.75 Å². The van der Waals surface area contributed by atoms with Gasteiger partial charge in [-0.1, -0.05) is 24.3 Å². The van der Waals surface area contributed by atoms with Gasteiger partial charge in [-0.05, 0) is 37.3 Å². The topological polar surface area (TPSA) is 81.2 Å². The molecule has 5 rings (SSSR count). The van der Waals surface area contributed by atoms with Crippen molar-refractivity contribution in [3.05, 3.63) is 76.9 Å². The lowest BCUT2D eigenvalue weighted by molar-refractivity contribution is 0.0980. The molecule has 142 valence electrons. The maximum absolute atomic E-state index is 13.1. The lowest BCUT2D eigenvalue weighted by Crippen LogP contribution is -2.21. The third-order valence-electron chi connectivity index (χ3n) is 4.87. The molecule has 0 fully saturated rings. The van der Waals surface area contributed by atoms with E-state index in [2.05, 4.69) is 14.1 Å². The zero-order chi connectivity index (χ0) is 20.0. The van der Waals surface area contributed by atoms with Gasteiger partial charge in [0.2, 0.25) is 0 Å². The zero-order valence-electron chi connectivity index (χ0n) is 15.4. The lowest BCUT2D eigenvalue weighted by atomic mass is 9.83. The Morgan fingerprint density at radius 1 is 0.897 bits per heavy atom. The Hall–Kier alpha value is -3.58. The fraction of sp³-hybridized carbons (Fsp3) is 0.0909. The smallest absolute Gasteiger partial charge is 0.196 e. The Labute approximate surface area is 170 Å². The molecule has 0 unspecified atom stereocenters. The largest absolute Gasteiger partial charge is 0.494 e. The first-order chi connectivity index (χ1) is 14.2. The molecule has 0 saturated carbocycles. The van der Waals surface area contributed by atoms with Crippen molar-refractivity contribution in [1.82, 2.24) is 8.75 Å². The van der Waals surface area contributed by atoms with Crippen LogP contribution in [-0.4, -0.2) is 26.9 Å². The van der Waals surface area contributed by atoms with E-state index in [-0.39, 0.29) is 11.6 Å². The molecule has 1 N–H and O–H groups in total. The molecule has 1 aromatic heterocycles. The van der Waals surface area contributed by atoms with E-state index in [1.807, 2.05) is 31.2 Å². The van der Waals surface area contributed by atoms with E-state index in [1.165, 1.54) is 0 Å². The minimum Gasteiger partial charge on any atom is -0.494 e. The second-order valence-corrected chi connectivity index (χ2v) is 7.12. The summed E-state index contributed by atoms with van der Waals surface area (Å²) in [7, 11) is 0. The molecule has 0 radical (unpaired) electrons. The van der Waals surface area contributed by atoms with Gasteiger partial charge in [0.1, 0.15) is 16.8 Å². The van der Waals surface area contributed by atoms with Gasteiger partial charge in [-0.25, -0.2) is 0 Å². The van der Waals surface area contributed by atoms with Gasteiger partial charge >= 0.3 is 0 Å². The minimum absolute atomic E-state index is 0.181. The fourth-order valence-corrected chi connectivity index (χ4v) is 4.13. The molecule has 1 aliphatic carbocycles. The van der Waals surface area contributed by atoms with Crippen molar-refractivity contribution in [2.75, 3.05) is 11.9 Å². The fourth-order valence-electron chi connectivity index (χ4n) is 3.56. The first-order valence-corrected chi connectivity index (χ1v) is 9.88. The maximum Gasteiger partial charge on any atom is 0.196 e. The average Bonchev–Trinajstić information content (AvgIpc) is 3.24. The van der Waals surface area contributed by atoms with Crippen LogP contribution in [0.2, 0.25) is 0 Å². The van der Waals surface area contributed by atoms with Crippen LogP contribution in [-0.2, 0) is 0 Å². The molecule has 4 aromatic rings. The normalized spacial score (nSPS) is 12.6. The van der Waals surface area contributed by atoms with E-state index in [1.54, 1.807) is 30.3 Å². The molecule has 0 saturated heterocycles. The van der Waals surface area contributed by atoms with E-state index in [4.69, 9.17) is 4.74 Å². The molecule has 0 aliphatic heterocycles. The highest BCUT2D eigenvalue weighted by Crippen LogP contribution is 2.36. The summed E-state index contributed by atoms with van der Waals surface area (Å²) in [5.41, 5.74) is 3.98. The summed E-state index contributed by atoms with van der Waals surface area (Å²) >= 11 is 1.02. The van der Waals surface area contributed by atoms with Crippen LogP contribution in [0, 0.1) is 0 Å². The number of carbonyl (C=O) groups excluding carboxylic acids is 2. The van der Waals surface area contributed by atoms with Gasteiger partial charge in [-0.3, -0.25) is 9.59 Å². The summed E-state index contributed by atoms with van der Waals surface area (Å²) in [6, 6.07) is 16.1. The van der Waals surface area contributed by atoms with E-state index < -0.39 is 0 Å². The number of rotatable bonds is 4. The number of ketones is 2. The zero-order valence-corrected chi connectivity index (χ0v) is 16.2. The van der Waals surface area contributed by atoms with Crippen molar-refractivity contribution in [3.63, 3.8) is 0 Å². The van der Waals surface area contributed by atoms with Gasteiger partial charge in [-0.15, -0.1) is 0 Å². The summed E-state index contributed by atoms with van der Waals surface area (Å²) in [6.45, 7) is 2.53. The predicted molar refractivity (Wildman–Crippen MR) is 112 cm³/mol. The highest BCUT2D eigenvalue weighted by molar-refractivity contribution is 7.00. The second kappa shape index (κ2) is 6.79. The number of carbonyl (C=O) groups is 2. The summed E-state index contributed by atoms with van der Waals surface area (Å²) in [6.07, 6.45) is 0. The van der Waals surface area contributed by atoms with Gasteiger partial charge in [0.05, 0.1) is 29.6 Å². The number of fused-ring (bicyclic) bond motifs is 4. The Kier molecular flexibility index (Phi) is 4.10. The minimum atomic E-state index is -0.194. The monoisotopic (exact) mass is 401 g/mol. The van der Waals surface area contributed by atoms with Crippen LogP contribution in [0.3, 0.4) is 0 Å². The molecular formula is C22H15N3O3S. The Morgan fingerprint density at radius 2 is 1.59 bits per heavy atom. The Morgan fingerprint density at radius 3 is 2.31 bits per heavy atom. The SMILES string of the molecule is CCOc1ccc(Nc2cc3c(c4nsnc24)C(=O)c2ccccc2C3=O)cc1. The first kappa shape index (κ1) is 17.5. The summed E-state index contributed by atoms with van der Waals surface area (Å²) in [5.74, 6) is 0.404. The first-order valence-electron chi connectivity index (χ1n) is 9.15. The molecule has 7 heteroatoms. The van der Waals surface area contributed by atoms with Gasteiger partial charge in [0.15, 0.2) is 11.6 Å². The Bertz CT molecular complexity index is 1280. The van der Waals surface area contributed by atoms with E-state index in [9.17, 15) is 9.59 Å². The van der Waals surface area contributed by atoms with Crippen LogP contribution >= 0.6 is 11.7 Å². The summed E-state index contributed by atoms with van der Waals surface area (Å²) in [4.78, 5) is 26.2. The number of hydrogen-bond acceptors (Lipinski definition) is 7. The van der Waals surface area contributed by atoms with Gasteiger partial charge in [0.25, 0.3) is 0 Å². The number of nitrogens with one attached hydrogen (secondary N) is 1. The number of aromatic nitrogens is 2. The average molecular weight is 401 g/mol. The van der Waals surface area contributed by atoms with Crippen LogP contribution in [0.25, 0.3) is 11.0 Å².